The molecule has 0 fully saturated rings. The van der Waals surface area contributed by atoms with Gasteiger partial charge in [-0.2, -0.15) is 0 Å². The van der Waals surface area contributed by atoms with Crippen molar-refractivity contribution in [3.63, 3.8) is 0 Å². The highest BCUT2D eigenvalue weighted by Gasteiger charge is 2.32. The Labute approximate surface area is 184 Å². The minimum atomic E-state index is -1.47. The van der Waals surface area contributed by atoms with E-state index in [-0.39, 0.29) is 27.5 Å². The lowest BCUT2D eigenvalue weighted by Gasteiger charge is -2.20. The molecule has 0 atom stereocenters. The third-order valence-electron chi connectivity index (χ3n) is 5.52. The Morgan fingerprint density at radius 3 is 1.67 bits per heavy atom. The van der Waals surface area contributed by atoms with Crippen molar-refractivity contribution in [3.8, 4) is 17.2 Å². The van der Waals surface area contributed by atoms with E-state index >= 15 is 0 Å². The van der Waals surface area contributed by atoms with Crippen LogP contribution >= 0.6 is 0 Å². The van der Waals surface area contributed by atoms with Crippen molar-refractivity contribution in [2.75, 3.05) is 0 Å². The molecule has 2 aromatic heterocycles. The van der Waals surface area contributed by atoms with Crippen molar-refractivity contribution >= 4 is 21.9 Å². The van der Waals surface area contributed by atoms with Crippen LogP contribution in [0.3, 0.4) is 0 Å². The molecule has 0 unspecified atom stereocenters. The van der Waals surface area contributed by atoms with E-state index < -0.39 is 51.4 Å². The average Bonchev–Trinajstić information content (AvgIpc) is 2.80. The number of para-hydroxylation sites is 2. The molecule has 0 amide bonds. The summed E-state index contributed by atoms with van der Waals surface area (Å²) in [7, 11) is 0. The zero-order valence-corrected chi connectivity index (χ0v) is 16.8. The van der Waals surface area contributed by atoms with Crippen LogP contribution < -0.4 is 11.3 Å². The van der Waals surface area contributed by atoms with E-state index in [2.05, 4.69) is 0 Å². The summed E-state index contributed by atoms with van der Waals surface area (Å²) in [5, 5.41) is 32.0. The Morgan fingerprint density at radius 1 is 0.697 bits per heavy atom. The fraction of sp³-hybridized carbons (Fsp3) is 0.0400. The third-order valence-corrected chi connectivity index (χ3v) is 5.52. The van der Waals surface area contributed by atoms with Gasteiger partial charge in [0.15, 0.2) is 11.6 Å². The van der Waals surface area contributed by atoms with Gasteiger partial charge in [-0.3, -0.25) is 0 Å². The number of fused-ring (bicyclic) bond motifs is 2. The Hall–Kier alpha value is -4.59. The molecule has 5 aromatic rings. The second kappa shape index (κ2) is 7.52. The lowest BCUT2D eigenvalue weighted by molar-refractivity contribution is 0.430. The Morgan fingerprint density at radius 2 is 1.18 bits per heavy atom. The number of aromatic hydroxyl groups is 3. The second-order valence-electron chi connectivity index (χ2n) is 7.44. The van der Waals surface area contributed by atoms with Crippen LogP contribution in [0.15, 0.2) is 85.2 Å². The fourth-order valence-corrected chi connectivity index (χ4v) is 3.99. The predicted octanol–water partition coefficient (Wildman–Crippen LogP) is 4.34. The highest BCUT2D eigenvalue weighted by molar-refractivity contribution is 5.86. The summed E-state index contributed by atoms with van der Waals surface area (Å²) in [5.74, 6) is -4.13. The summed E-state index contributed by atoms with van der Waals surface area (Å²) in [6, 6.07) is 15.6. The minimum absolute atomic E-state index is 0.000984. The average molecular weight is 446 g/mol. The largest absolute Gasteiger partial charge is 0.507 e. The summed E-state index contributed by atoms with van der Waals surface area (Å²) in [5.41, 5.74) is -2.55. The van der Waals surface area contributed by atoms with Gasteiger partial charge in [0.1, 0.15) is 22.7 Å². The van der Waals surface area contributed by atoms with Crippen molar-refractivity contribution in [1.82, 2.24) is 0 Å². The van der Waals surface area contributed by atoms with Gasteiger partial charge < -0.3 is 24.2 Å². The number of hydrogen-bond donors (Lipinski definition) is 3. The molecule has 0 aliphatic heterocycles. The van der Waals surface area contributed by atoms with Gasteiger partial charge in [-0.25, -0.2) is 14.0 Å². The van der Waals surface area contributed by atoms with Crippen molar-refractivity contribution in [3.05, 3.63) is 110 Å². The van der Waals surface area contributed by atoms with E-state index in [1.54, 1.807) is 24.3 Å². The lowest BCUT2D eigenvalue weighted by atomic mass is 9.84. The summed E-state index contributed by atoms with van der Waals surface area (Å²) >= 11 is 0. The summed E-state index contributed by atoms with van der Waals surface area (Å²) in [6.07, 6.45) is 0. The van der Waals surface area contributed by atoms with Gasteiger partial charge in [-0.1, -0.05) is 30.3 Å². The molecule has 0 bridgehead atoms. The number of halogens is 1. The first-order valence-electron chi connectivity index (χ1n) is 9.84. The van der Waals surface area contributed by atoms with Crippen LogP contribution in [0.2, 0.25) is 0 Å². The van der Waals surface area contributed by atoms with Crippen LogP contribution in [-0.4, -0.2) is 15.3 Å². The predicted molar refractivity (Wildman–Crippen MR) is 117 cm³/mol. The topological polar surface area (TPSA) is 121 Å². The number of hydrogen-bond acceptors (Lipinski definition) is 7. The van der Waals surface area contributed by atoms with E-state index in [4.69, 9.17) is 8.83 Å². The SMILES string of the molecule is O=c1oc2ccccc2c(O)c1C(c1ccc(O)c(F)c1)c1c(O)c2ccccc2oc1=O. The van der Waals surface area contributed by atoms with Gasteiger partial charge in [0.25, 0.3) is 0 Å². The van der Waals surface area contributed by atoms with E-state index in [0.717, 1.165) is 12.1 Å². The quantitative estimate of drug-likeness (QED) is 0.353. The maximum absolute atomic E-state index is 14.3. The zero-order chi connectivity index (χ0) is 23.3. The maximum Gasteiger partial charge on any atom is 0.344 e. The van der Waals surface area contributed by atoms with Gasteiger partial charge in [0, 0.05) is 0 Å². The lowest BCUT2D eigenvalue weighted by Crippen LogP contribution is -2.21. The highest BCUT2D eigenvalue weighted by atomic mass is 19.1. The summed E-state index contributed by atoms with van der Waals surface area (Å²) in [4.78, 5) is 26.0. The second-order valence-corrected chi connectivity index (χ2v) is 7.44. The molecule has 2 heterocycles. The van der Waals surface area contributed by atoms with E-state index in [1.165, 1.54) is 30.3 Å². The molecule has 8 heteroatoms. The molecule has 33 heavy (non-hydrogen) atoms. The van der Waals surface area contributed by atoms with Gasteiger partial charge in [-0.15, -0.1) is 0 Å². The van der Waals surface area contributed by atoms with Crippen LogP contribution in [0.5, 0.6) is 17.2 Å². The first kappa shape index (κ1) is 20.3. The summed E-state index contributed by atoms with van der Waals surface area (Å²) < 4.78 is 25.0. The van der Waals surface area contributed by atoms with Gasteiger partial charge in [0.2, 0.25) is 0 Å². The molecule has 3 aromatic carbocycles. The standard InChI is InChI=1S/C25H15FO7/c26-15-11-12(9-10-16(15)27)19(20-22(28)13-5-1-3-7-17(13)32-24(20)30)21-23(29)14-6-2-4-8-18(14)33-25(21)31/h1-11,19,27-29H. The van der Waals surface area contributed by atoms with Crippen molar-refractivity contribution < 1.29 is 28.5 Å². The molecule has 0 spiro atoms. The van der Waals surface area contributed by atoms with E-state index in [0.29, 0.717) is 0 Å². The molecule has 5 rings (SSSR count). The molecular formula is C25H15FO7. The Balaban J connectivity index is 1.92. The van der Waals surface area contributed by atoms with Gasteiger partial charge in [0.05, 0.1) is 27.8 Å². The minimum Gasteiger partial charge on any atom is -0.507 e. The molecule has 0 aliphatic carbocycles. The van der Waals surface area contributed by atoms with E-state index in [9.17, 15) is 29.3 Å². The first-order chi connectivity index (χ1) is 15.9. The molecule has 0 aliphatic rings. The van der Waals surface area contributed by atoms with Crippen molar-refractivity contribution in [2.45, 2.75) is 5.92 Å². The van der Waals surface area contributed by atoms with Crippen LogP contribution in [0.1, 0.15) is 22.6 Å². The maximum atomic E-state index is 14.3. The van der Waals surface area contributed by atoms with Crippen LogP contribution in [0.4, 0.5) is 4.39 Å². The van der Waals surface area contributed by atoms with Crippen LogP contribution in [-0.2, 0) is 0 Å². The molecule has 0 saturated carbocycles. The molecule has 7 nitrogen and oxygen atoms in total. The first-order valence-corrected chi connectivity index (χ1v) is 9.84. The monoisotopic (exact) mass is 446 g/mol. The van der Waals surface area contributed by atoms with E-state index in [1.807, 2.05) is 0 Å². The smallest absolute Gasteiger partial charge is 0.344 e. The number of phenolic OH excluding ortho intramolecular Hbond substituents is 1. The molecule has 3 N–H and O–H groups in total. The normalized spacial score (nSPS) is 11.5. The fourth-order valence-electron chi connectivity index (χ4n) is 3.99. The molecular weight excluding hydrogens is 431 g/mol. The van der Waals surface area contributed by atoms with Gasteiger partial charge in [-0.05, 0) is 42.0 Å². The zero-order valence-electron chi connectivity index (χ0n) is 16.8. The molecule has 0 saturated heterocycles. The van der Waals surface area contributed by atoms with Crippen molar-refractivity contribution in [1.29, 1.82) is 0 Å². The third kappa shape index (κ3) is 3.20. The Bertz CT molecular complexity index is 1570. The van der Waals surface area contributed by atoms with Gasteiger partial charge >= 0.3 is 11.3 Å². The van der Waals surface area contributed by atoms with Crippen molar-refractivity contribution in [2.24, 2.45) is 0 Å². The molecule has 164 valence electrons. The number of benzene rings is 3. The van der Waals surface area contributed by atoms with Crippen LogP contribution in [0.25, 0.3) is 21.9 Å². The Kier molecular flexibility index (Phi) is 4.63. The number of rotatable bonds is 3. The highest BCUT2D eigenvalue weighted by Crippen LogP contribution is 2.42. The number of phenols is 1. The summed E-state index contributed by atoms with van der Waals surface area (Å²) in [6.45, 7) is 0. The van der Waals surface area contributed by atoms with Crippen LogP contribution in [0, 0.1) is 5.82 Å². The molecule has 0 radical (unpaired) electrons.